The number of nitrogens with zero attached hydrogens (tertiary/aromatic N) is 1. The monoisotopic (exact) mass is 543 g/mol. The maximum Gasteiger partial charge on any atom is 0.322 e. The van der Waals surface area contributed by atoms with Gasteiger partial charge in [0, 0.05) is 28.6 Å². The van der Waals surface area contributed by atoms with Crippen LogP contribution in [0.25, 0.3) is 11.1 Å². The van der Waals surface area contributed by atoms with Crippen molar-refractivity contribution in [1.82, 2.24) is 4.90 Å². The molecule has 7 nitrogen and oxygen atoms in total. The van der Waals surface area contributed by atoms with E-state index >= 15 is 0 Å². The third-order valence-electron chi connectivity index (χ3n) is 6.28. The highest BCUT2D eigenvalue weighted by Gasteiger charge is 2.29. The van der Waals surface area contributed by atoms with Crippen LogP contribution < -0.4 is 10.6 Å². The largest absolute Gasteiger partial charge is 0.322 e. The summed E-state index contributed by atoms with van der Waals surface area (Å²) in [6.45, 7) is -0.248. The minimum absolute atomic E-state index is 0.0601. The van der Waals surface area contributed by atoms with Gasteiger partial charge >= 0.3 is 6.03 Å². The van der Waals surface area contributed by atoms with Gasteiger partial charge < -0.3 is 15.5 Å². The third-order valence-corrected chi connectivity index (χ3v) is 7.68. The Morgan fingerprint density at radius 1 is 1.00 bits per heavy atom. The van der Waals surface area contributed by atoms with Crippen molar-refractivity contribution in [3.05, 3.63) is 77.6 Å². The summed E-state index contributed by atoms with van der Waals surface area (Å²) in [6.07, 6.45) is 4.58. The third kappa shape index (κ3) is 6.67. The number of sulfone groups is 1. The molecule has 3 amide bonds. The second kappa shape index (κ2) is 11.3. The van der Waals surface area contributed by atoms with Crippen molar-refractivity contribution in [2.24, 2.45) is 0 Å². The average molecular weight is 544 g/mol. The topological polar surface area (TPSA) is 95.6 Å². The summed E-state index contributed by atoms with van der Waals surface area (Å²) in [5.41, 5.74) is 1.23. The van der Waals surface area contributed by atoms with Gasteiger partial charge in [-0.3, -0.25) is 4.79 Å². The van der Waals surface area contributed by atoms with Crippen LogP contribution in [0, 0.1) is 5.82 Å². The van der Waals surface area contributed by atoms with Crippen LogP contribution in [0.5, 0.6) is 0 Å². The summed E-state index contributed by atoms with van der Waals surface area (Å²) in [6, 6.07) is 16.6. The van der Waals surface area contributed by atoms with E-state index in [1.54, 1.807) is 48.5 Å². The Hall–Kier alpha value is -3.43. The van der Waals surface area contributed by atoms with E-state index in [0.29, 0.717) is 21.8 Å². The van der Waals surface area contributed by atoms with Crippen molar-refractivity contribution in [1.29, 1.82) is 0 Å². The van der Waals surface area contributed by atoms with E-state index in [0.717, 1.165) is 31.9 Å². The highest BCUT2D eigenvalue weighted by Crippen LogP contribution is 2.30. The van der Waals surface area contributed by atoms with Gasteiger partial charge in [0.05, 0.1) is 10.6 Å². The predicted octanol–water partition coefficient (Wildman–Crippen LogP) is 5.96. The molecule has 3 aromatic rings. The van der Waals surface area contributed by atoms with Gasteiger partial charge in [-0.1, -0.05) is 48.7 Å². The molecule has 1 aliphatic rings. The number of carbonyl (C=O) groups is 2. The number of nitrogens with one attached hydrogen (secondary N) is 2. The molecule has 4 rings (SSSR count). The van der Waals surface area contributed by atoms with Crippen molar-refractivity contribution in [3.63, 3.8) is 0 Å². The second-order valence-electron chi connectivity index (χ2n) is 9.01. The van der Waals surface area contributed by atoms with Gasteiger partial charge in [-0.15, -0.1) is 0 Å². The van der Waals surface area contributed by atoms with Gasteiger partial charge in [0.1, 0.15) is 12.4 Å². The van der Waals surface area contributed by atoms with Crippen LogP contribution in [0.3, 0.4) is 0 Å². The normalized spacial score (nSPS) is 13.8. The number of benzene rings is 3. The van der Waals surface area contributed by atoms with Crippen molar-refractivity contribution in [2.45, 2.75) is 36.6 Å². The zero-order valence-electron chi connectivity index (χ0n) is 20.2. The van der Waals surface area contributed by atoms with Gasteiger partial charge in [-0.05, 0) is 60.9 Å². The fraction of sp³-hybridized carbons (Fsp3) is 0.259. The van der Waals surface area contributed by atoms with Crippen LogP contribution in [0.15, 0.2) is 71.6 Å². The smallest absolute Gasteiger partial charge is 0.322 e. The molecule has 0 unspecified atom stereocenters. The molecule has 0 heterocycles. The summed E-state index contributed by atoms with van der Waals surface area (Å²) in [4.78, 5) is 27.5. The van der Waals surface area contributed by atoms with Crippen molar-refractivity contribution in [2.75, 3.05) is 23.4 Å². The molecule has 3 aromatic carbocycles. The molecule has 1 aliphatic carbocycles. The van der Waals surface area contributed by atoms with Crippen molar-refractivity contribution in [3.8, 4) is 11.1 Å². The first kappa shape index (κ1) is 26.6. The first-order valence-electron chi connectivity index (χ1n) is 11.8. The highest BCUT2D eigenvalue weighted by molar-refractivity contribution is 7.90. The SMILES string of the molecule is CS(=O)(=O)c1ccccc1-c1ccc(NC(=O)CN(C(=O)Nc2ccc(Cl)cc2)C2CCCC2)c(F)c1. The highest BCUT2D eigenvalue weighted by atomic mass is 35.5. The quantitative estimate of drug-likeness (QED) is 0.384. The van der Waals surface area contributed by atoms with Crippen LogP contribution in [0.1, 0.15) is 25.7 Å². The van der Waals surface area contributed by atoms with Crippen LogP contribution in [0.2, 0.25) is 5.02 Å². The number of hydrogen-bond donors (Lipinski definition) is 2. The molecule has 194 valence electrons. The Bertz CT molecular complexity index is 1410. The molecule has 0 spiro atoms. The Kier molecular flexibility index (Phi) is 8.14. The number of carbonyl (C=O) groups excluding carboxylic acids is 2. The molecule has 1 saturated carbocycles. The molecular weight excluding hydrogens is 517 g/mol. The zero-order valence-corrected chi connectivity index (χ0v) is 21.8. The van der Waals surface area contributed by atoms with E-state index in [-0.39, 0.29) is 23.2 Å². The molecule has 0 atom stereocenters. The van der Waals surface area contributed by atoms with Crippen LogP contribution in [0.4, 0.5) is 20.6 Å². The summed E-state index contributed by atoms with van der Waals surface area (Å²) in [7, 11) is -3.52. The number of urea groups is 1. The van der Waals surface area contributed by atoms with Crippen molar-refractivity contribution < 1.29 is 22.4 Å². The molecule has 0 aliphatic heterocycles. The average Bonchev–Trinajstić information content (AvgIpc) is 3.39. The first-order valence-corrected chi connectivity index (χ1v) is 14.1. The van der Waals surface area contributed by atoms with E-state index in [2.05, 4.69) is 10.6 Å². The van der Waals surface area contributed by atoms with Gasteiger partial charge in [-0.2, -0.15) is 0 Å². The lowest BCUT2D eigenvalue weighted by atomic mass is 10.0. The first-order chi connectivity index (χ1) is 17.6. The Labute approximate surface area is 220 Å². The molecule has 2 N–H and O–H groups in total. The van der Waals surface area contributed by atoms with Gasteiger partial charge in [0.2, 0.25) is 5.91 Å². The molecule has 0 radical (unpaired) electrons. The number of hydrogen-bond acceptors (Lipinski definition) is 4. The summed E-state index contributed by atoms with van der Waals surface area (Å²) < 4.78 is 39.2. The van der Waals surface area contributed by atoms with Gasteiger partial charge in [0.25, 0.3) is 0 Å². The number of amides is 3. The molecule has 0 saturated heterocycles. The standard InChI is InChI=1S/C27H27ClFN3O4S/c1-37(35,36)25-9-5-4-8-22(25)18-10-15-24(23(29)16-18)31-26(33)17-32(21-6-2-3-7-21)27(34)30-20-13-11-19(28)12-14-20/h4-5,8-16,21H,2-3,6-7,17H2,1H3,(H,30,34)(H,31,33). The summed E-state index contributed by atoms with van der Waals surface area (Å²) >= 11 is 5.91. The summed E-state index contributed by atoms with van der Waals surface area (Å²) in [5.74, 6) is -1.26. The fourth-order valence-electron chi connectivity index (χ4n) is 4.47. The number of anilines is 2. The Morgan fingerprint density at radius 2 is 1.68 bits per heavy atom. The van der Waals surface area contributed by atoms with E-state index in [1.807, 2.05) is 0 Å². The van der Waals surface area contributed by atoms with Crippen LogP contribution in [-0.2, 0) is 14.6 Å². The molecule has 0 aromatic heterocycles. The van der Waals surface area contributed by atoms with Gasteiger partial charge in [0.15, 0.2) is 9.84 Å². The summed E-state index contributed by atoms with van der Waals surface area (Å²) in [5, 5.41) is 5.88. The molecule has 10 heteroatoms. The molecule has 37 heavy (non-hydrogen) atoms. The maximum absolute atomic E-state index is 15.0. The van der Waals surface area contributed by atoms with Crippen molar-refractivity contribution >= 4 is 44.8 Å². The lowest BCUT2D eigenvalue weighted by molar-refractivity contribution is -0.117. The van der Waals surface area contributed by atoms with E-state index in [1.165, 1.54) is 23.1 Å². The van der Waals surface area contributed by atoms with E-state index in [4.69, 9.17) is 11.6 Å². The minimum atomic E-state index is -3.52. The lowest BCUT2D eigenvalue weighted by Crippen LogP contribution is -2.46. The predicted molar refractivity (Wildman–Crippen MR) is 143 cm³/mol. The number of halogens is 2. The molecular formula is C27H27ClFN3O4S. The van der Waals surface area contributed by atoms with E-state index in [9.17, 15) is 22.4 Å². The maximum atomic E-state index is 15.0. The second-order valence-corrected chi connectivity index (χ2v) is 11.4. The minimum Gasteiger partial charge on any atom is -0.322 e. The Morgan fingerprint density at radius 3 is 2.32 bits per heavy atom. The van der Waals surface area contributed by atoms with E-state index < -0.39 is 27.6 Å². The number of rotatable bonds is 7. The lowest BCUT2D eigenvalue weighted by Gasteiger charge is -2.28. The molecule has 0 bridgehead atoms. The molecule has 1 fully saturated rings. The van der Waals surface area contributed by atoms with Crippen LogP contribution in [-0.4, -0.2) is 44.1 Å². The fourth-order valence-corrected chi connectivity index (χ4v) is 5.51. The van der Waals surface area contributed by atoms with Gasteiger partial charge in [-0.25, -0.2) is 17.6 Å². The zero-order chi connectivity index (χ0) is 26.6. The Balaban J connectivity index is 1.49. The van der Waals surface area contributed by atoms with Crippen LogP contribution >= 0.6 is 11.6 Å².